The molecule has 3 heteroatoms. The predicted octanol–water partition coefficient (Wildman–Crippen LogP) is 2.31. The minimum atomic E-state index is -0.306. The van der Waals surface area contributed by atoms with Crippen molar-refractivity contribution in [1.82, 2.24) is 4.98 Å². The molecule has 2 aromatic rings. The van der Waals surface area contributed by atoms with Gasteiger partial charge in [-0.15, -0.1) is 0 Å². The minimum absolute atomic E-state index is 0.132. The Morgan fingerprint density at radius 2 is 2.00 bits per heavy atom. The van der Waals surface area contributed by atoms with Gasteiger partial charge in [0.2, 0.25) is 5.89 Å². The minimum Gasteiger partial charge on any atom is -0.408 e. The van der Waals surface area contributed by atoms with Gasteiger partial charge >= 0.3 is 5.63 Å². The number of nitrogens with zero attached hydrogens (tertiary/aromatic N) is 1. The molecular formula is C11H11NO2. The number of benzene rings is 1. The third kappa shape index (κ3) is 1.41. The van der Waals surface area contributed by atoms with Crippen molar-refractivity contribution in [3.63, 3.8) is 0 Å². The summed E-state index contributed by atoms with van der Waals surface area (Å²) in [6.45, 7) is 3.89. The van der Waals surface area contributed by atoms with Crippen LogP contribution in [0.3, 0.4) is 0 Å². The SMILES string of the molecule is CC(C)c1nc2ccccc2c(=O)o1. The lowest BCUT2D eigenvalue weighted by molar-refractivity contribution is 0.424. The summed E-state index contributed by atoms with van der Waals surface area (Å²) in [4.78, 5) is 15.8. The van der Waals surface area contributed by atoms with Gasteiger partial charge in [0, 0.05) is 5.92 Å². The first-order valence-electron chi connectivity index (χ1n) is 4.58. The molecule has 0 amide bonds. The molecule has 72 valence electrons. The molecule has 2 rings (SSSR count). The third-order valence-electron chi connectivity index (χ3n) is 2.05. The molecule has 0 saturated heterocycles. The summed E-state index contributed by atoms with van der Waals surface area (Å²) in [6, 6.07) is 7.20. The summed E-state index contributed by atoms with van der Waals surface area (Å²) in [5.41, 5.74) is 0.395. The van der Waals surface area contributed by atoms with E-state index >= 15 is 0 Å². The first-order chi connectivity index (χ1) is 6.68. The zero-order valence-electron chi connectivity index (χ0n) is 8.15. The summed E-state index contributed by atoms with van der Waals surface area (Å²) in [6.07, 6.45) is 0. The highest BCUT2D eigenvalue weighted by molar-refractivity contribution is 5.76. The molecule has 0 N–H and O–H groups in total. The van der Waals surface area contributed by atoms with Crippen LogP contribution in [0, 0.1) is 0 Å². The third-order valence-corrected chi connectivity index (χ3v) is 2.05. The van der Waals surface area contributed by atoms with Gasteiger partial charge in [-0.25, -0.2) is 9.78 Å². The van der Waals surface area contributed by atoms with Gasteiger partial charge in [-0.2, -0.15) is 0 Å². The van der Waals surface area contributed by atoms with E-state index in [9.17, 15) is 4.79 Å². The molecule has 0 spiro atoms. The molecule has 0 aliphatic heterocycles. The largest absolute Gasteiger partial charge is 0.408 e. The highest BCUT2D eigenvalue weighted by Crippen LogP contribution is 2.13. The van der Waals surface area contributed by atoms with Crippen molar-refractivity contribution in [3.05, 3.63) is 40.6 Å². The normalized spacial score (nSPS) is 11.1. The zero-order chi connectivity index (χ0) is 10.1. The lowest BCUT2D eigenvalue weighted by atomic mass is 10.2. The van der Waals surface area contributed by atoms with Crippen molar-refractivity contribution >= 4 is 10.9 Å². The van der Waals surface area contributed by atoms with Crippen LogP contribution >= 0.6 is 0 Å². The Hall–Kier alpha value is -1.64. The van der Waals surface area contributed by atoms with Crippen molar-refractivity contribution in [2.75, 3.05) is 0 Å². The fourth-order valence-electron chi connectivity index (χ4n) is 1.28. The van der Waals surface area contributed by atoms with Crippen LogP contribution in [-0.2, 0) is 0 Å². The number of hydrogen-bond acceptors (Lipinski definition) is 3. The fraction of sp³-hybridized carbons (Fsp3) is 0.273. The van der Waals surface area contributed by atoms with Crippen LogP contribution in [0.2, 0.25) is 0 Å². The molecule has 0 aliphatic rings. The second kappa shape index (κ2) is 3.25. The van der Waals surface area contributed by atoms with Crippen LogP contribution in [0.15, 0.2) is 33.5 Å². The van der Waals surface area contributed by atoms with Crippen molar-refractivity contribution < 1.29 is 4.42 Å². The second-order valence-corrected chi connectivity index (χ2v) is 3.51. The standard InChI is InChI=1S/C11H11NO2/c1-7(2)10-12-9-6-4-3-5-8(9)11(13)14-10/h3-7H,1-2H3. The summed E-state index contributed by atoms with van der Waals surface area (Å²) >= 11 is 0. The molecule has 0 bridgehead atoms. The van der Waals surface area contributed by atoms with Gasteiger partial charge in [0.15, 0.2) is 0 Å². The van der Waals surface area contributed by atoms with E-state index < -0.39 is 0 Å². The summed E-state index contributed by atoms with van der Waals surface area (Å²) < 4.78 is 5.09. The first kappa shape index (κ1) is 8.94. The fourth-order valence-corrected chi connectivity index (χ4v) is 1.28. The molecule has 0 saturated carbocycles. The van der Waals surface area contributed by atoms with E-state index in [1.165, 1.54) is 0 Å². The first-order valence-corrected chi connectivity index (χ1v) is 4.58. The highest BCUT2D eigenvalue weighted by atomic mass is 16.4. The molecular weight excluding hydrogens is 178 g/mol. The summed E-state index contributed by atoms with van der Waals surface area (Å²) in [5, 5.41) is 0.539. The number of rotatable bonds is 1. The average Bonchev–Trinajstić information content (AvgIpc) is 2.17. The Balaban J connectivity index is 2.79. The lowest BCUT2D eigenvalue weighted by Gasteiger charge is -2.02. The lowest BCUT2D eigenvalue weighted by Crippen LogP contribution is -2.05. The second-order valence-electron chi connectivity index (χ2n) is 3.51. The molecule has 1 aromatic heterocycles. The maximum absolute atomic E-state index is 11.5. The van der Waals surface area contributed by atoms with Crippen LogP contribution in [0.4, 0.5) is 0 Å². The van der Waals surface area contributed by atoms with E-state index in [1.54, 1.807) is 12.1 Å². The van der Waals surface area contributed by atoms with Gasteiger partial charge < -0.3 is 4.42 Å². The summed E-state index contributed by atoms with van der Waals surface area (Å²) in [7, 11) is 0. The van der Waals surface area contributed by atoms with E-state index in [0.29, 0.717) is 16.8 Å². The molecule has 0 fully saturated rings. The van der Waals surface area contributed by atoms with Crippen LogP contribution in [-0.4, -0.2) is 4.98 Å². The van der Waals surface area contributed by atoms with Crippen molar-refractivity contribution in [3.8, 4) is 0 Å². The number of para-hydroxylation sites is 1. The Bertz CT molecular complexity index is 514. The molecule has 14 heavy (non-hydrogen) atoms. The van der Waals surface area contributed by atoms with Crippen LogP contribution in [0.25, 0.3) is 10.9 Å². The Kier molecular flexibility index (Phi) is 2.08. The van der Waals surface area contributed by atoms with Gasteiger partial charge in [-0.3, -0.25) is 0 Å². The maximum atomic E-state index is 11.5. The van der Waals surface area contributed by atoms with E-state index in [4.69, 9.17) is 4.42 Å². The van der Waals surface area contributed by atoms with Crippen molar-refractivity contribution in [1.29, 1.82) is 0 Å². The number of hydrogen-bond donors (Lipinski definition) is 0. The van der Waals surface area contributed by atoms with Gasteiger partial charge in [0.05, 0.1) is 10.9 Å². The zero-order valence-corrected chi connectivity index (χ0v) is 8.15. The Morgan fingerprint density at radius 1 is 1.29 bits per heavy atom. The predicted molar refractivity (Wildman–Crippen MR) is 54.4 cm³/mol. The van der Waals surface area contributed by atoms with Gasteiger partial charge in [-0.05, 0) is 12.1 Å². The number of fused-ring (bicyclic) bond motifs is 1. The van der Waals surface area contributed by atoms with Crippen LogP contribution in [0.1, 0.15) is 25.7 Å². The molecule has 3 nitrogen and oxygen atoms in total. The molecule has 0 atom stereocenters. The molecule has 1 heterocycles. The highest BCUT2D eigenvalue weighted by Gasteiger charge is 2.08. The van der Waals surface area contributed by atoms with Crippen molar-refractivity contribution in [2.45, 2.75) is 19.8 Å². The van der Waals surface area contributed by atoms with Gasteiger partial charge in [0.1, 0.15) is 0 Å². The topological polar surface area (TPSA) is 43.1 Å². The van der Waals surface area contributed by atoms with Crippen LogP contribution < -0.4 is 5.63 Å². The van der Waals surface area contributed by atoms with E-state index in [2.05, 4.69) is 4.98 Å². The summed E-state index contributed by atoms with van der Waals surface area (Å²) in [5.74, 6) is 0.626. The number of aromatic nitrogens is 1. The molecule has 1 aromatic carbocycles. The Labute approximate surface area is 81.4 Å². The smallest absolute Gasteiger partial charge is 0.346 e. The Morgan fingerprint density at radius 3 is 2.71 bits per heavy atom. The van der Waals surface area contributed by atoms with E-state index in [1.807, 2.05) is 26.0 Å². The maximum Gasteiger partial charge on any atom is 0.346 e. The van der Waals surface area contributed by atoms with Crippen LogP contribution in [0.5, 0.6) is 0 Å². The van der Waals surface area contributed by atoms with E-state index in [-0.39, 0.29) is 11.5 Å². The van der Waals surface area contributed by atoms with Gasteiger partial charge in [0.25, 0.3) is 0 Å². The van der Waals surface area contributed by atoms with E-state index in [0.717, 1.165) is 0 Å². The quantitative estimate of drug-likeness (QED) is 0.691. The van der Waals surface area contributed by atoms with Gasteiger partial charge in [-0.1, -0.05) is 26.0 Å². The van der Waals surface area contributed by atoms with Crippen molar-refractivity contribution in [2.24, 2.45) is 0 Å². The molecule has 0 aliphatic carbocycles. The average molecular weight is 189 g/mol. The molecule has 0 radical (unpaired) electrons. The monoisotopic (exact) mass is 189 g/mol. The molecule has 0 unspecified atom stereocenters.